The van der Waals surface area contributed by atoms with Gasteiger partial charge in [-0.1, -0.05) is 12.2 Å². The molecular weight excluding hydrogens is 216 g/mol. The predicted molar refractivity (Wildman–Crippen MR) is 68.4 cm³/mol. The fourth-order valence-corrected chi connectivity index (χ4v) is 1.35. The van der Waals surface area contributed by atoms with Crippen LogP contribution in [0.15, 0.2) is 25.3 Å². The van der Waals surface area contributed by atoms with Crippen molar-refractivity contribution >= 4 is 11.9 Å². The lowest BCUT2D eigenvalue weighted by Crippen LogP contribution is -2.11. The number of rotatable bonds is 10. The highest BCUT2D eigenvalue weighted by atomic mass is 16.6. The normalized spacial score (nSPS) is 9.65. The summed E-state index contributed by atoms with van der Waals surface area (Å²) < 4.78 is 4.68. The fourth-order valence-electron chi connectivity index (χ4n) is 1.35. The van der Waals surface area contributed by atoms with Gasteiger partial charge in [-0.05, 0) is 38.5 Å². The number of ether oxygens (including phenoxy) is 1. The summed E-state index contributed by atoms with van der Waals surface area (Å²) in [5, 5.41) is 0. The van der Waals surface area contributed by atoms with Gasteiger partial charge in [-0.15, -0.1) is 13.2 Å². The number of hydrogen-bond donors (Lipinski definition) is 0. The summed E-state index contributed by atoms with van der Waals surface area (Å²) in [7, 11) is 0. The summed E-state index contributed by atoms with van der Waals surface area (Å²) in [5.41, 5.74) is 0. The Balaban J connectivity index is 3.48. The van der Waals surface area contributed by atoms with Crippen molar-refractivity contribution in [3.63, 3.8) is 0 Å². The third-order valence-corrected chi connectivity index (χ3v) is 2.31. The maximum Gasteiger partial charge on any atom is 0.313 e. The van der Waals surface area contributed by atoms with Crippen LogP contribution in [0, 0.1) is 0 Å². The van der Waals surface area contributed by atoms with Crippen molar-refractivity contribution in [2.45, 2.75) is 51.4 Å². The molecule has 0 radical (unpaired) electrons. The SMILES string of the molecule is C=CCCCCC(=O)OC(=O)CCCCC=C. The van der Waals surface area contributed by atoms with Gasteiger partial charge >= 0.3 is 11.9 Å². The minimum Gasteiger partial charge on any atom is -0.393 e. The molecule has 0 aromatic carbocycles. The summed E-state index contributed by atoms with van der Waals surface area (Å²) in [6, 6.07) is 0. The Bertz CT molecular complexity index is 230. The molecule has 0 rings (SSSR count). The molecule has 0 heterocycles. The van der Waals surface area contributed by atoms with Crippen molar-refractivity contribution < 1.29 is 14.3 Å². The zero-order valence-electron chi connectivity index (χ0n) is 10.5. The summed E-state index contributed by atoms with van der Waals surface area (Å²) in [4.78, 5) is 22.4. The summed E-state index contributed by atoms with van der Waals surface area (Å²) >= 11 is 0. The van der Waals surface area contributed by atoms with Gasteiger partial charge in [0.25, 0.3) is 0 Å². The van der Waals surface area contributed by atoms with Crippen molar-refractivity contribution in [3.05, 3.63) is 25.3 Å². The van der Waals surface area contributed by atoms with E-state index in [1.165, 1.54) is 0 Å². The predicted octanol–water partition coefficient (Wildman–Crippen LogP) is 3.55. The van der Waals surface area contributed by atoms with Crippen LogP contribution in [0.2, 0.25) is 0 Å². The van der Waals surface area contributed by atoms with E-state index in [9.17, 15) is 9.59 Å². The van der Waals surface area contributed by atoms with Gasteiger partial charge in [0.05, 0.1) is 0 Å². The lowest BCUT2D eigenvalue weighted by molar-refractivity contribution is -0.159. The minimum absolute atomic E-state index is 0.312. The number of unbranched alkanes of at least 4 members (excludes halogenated alkanes) is 4. The highest BCUT2D eigenvalue weighted by Crippen LogP contribution is 2.05. The van der Waals surface area contributed by atoms with E-state index < -0.39 is 11.9 Å². The van der Waals surface area contributed by atoms with Crippen LogP contribution in [-0.4, -0.2) is 11.9 Å². The molecule has 0 spiro atoms. The van der Waals surface area contributed by atoms with E-state index in [2.05, 4.69) is 17.9 Å². The topological polar surface area (TPSA) is 43.4 Å². The van der Waals surface area contributed by atoms with Crippen molar-refractivity contribution in [3.8, 4) is 0 Å². The third kappa shape index (κ3) is 10.9. The standard InChI is InChI=1S/C14H22O3/c1-3-5-7-9-11-13(15)17-14(16)12-10-8-6-4-2/h3-4H,1-2,5-12H2. The molecule has 3 heteroatoms. The molecule has 17 heavy (non-hydrogen) atoms. The van der Waals surface area contributed by atoms with E-state index >= 15 is 0 Å². The molecule has 0 amide bonds. The first-order chi connectivity index (χ1) is 8.20. The van der Waals surface area contributed by atoms with E-state index in [0.29, 0.717) is 12.8 Å². The summed E-state index contributed by atoms with van der Waals surface area (Å²) in [6.45, 7) is 7.19. The van der Waals surface area contributed by atoms with Gasteiger partial charge in [0.1, 0.15) is 0 Å². The average Bonchev–Trinajstić information content (AvgIpc) is 2.30. The van der Waals surface area contributed by atoms with Crippen molar-refractivity contribution in [1.29, 1.82) is 0 Å². The Labute approximate surface area is 104 Å². The van der Waals surface area contributed by atoms with E-state index in [1.807, 2.05) is 12.2 Å². The van der Waals surface area contributed by atoms with Crippen LogP contribution >= 0.6 is 0 Å². The van der Waals surface area contributed by atoms with E-state index in [-0.39, 0.29) is 0 Å². The second-order valence-corrected chi connectivity index (χ2v) is 3.91. The fraction of sp³-hybridized carbons (Fsp3) is 0.571. The third-order valence-electron chi connectivity index (χ3n) is 2.31. The molecule has 0 aliphatic rings. The molecule has 0 saturated heterocycles. The Hall–Kier alpha value is -1.38. The second kappa shape index (κ2) is 11.1. The minimum atomic E-state index is -0.414. The van der Waals surface area contributed by atoms with Crippen molar-refractivity contribution in [2.24, 2.45) is 0 Å². The van der Waals surface area contributed by atoms with Crippen LogP contribution in [0.1, 0.15) is 51.4 Å². The number of hydrogen-bond acceptors (Lipinski definition) is 3. The van der Waals surface area contributed by atoms with Gasteiger partial charge in [0, 0.05) is 12.8 Å². The molecule has 0 aliphatic heterocycles. The van der Waals surface area contributed by atoms with Gasteiger partial charge in [-0.3, -0.25) is 9.59 Å². The smallest absolute Gasteiger partial charge is 0.313 e. The highest BCUT2D eigenvalue weighted by Gasteiger charge is 2.09. The molecule has 0 unspecified atom stereocenters. The lowest BCUT2D eigenvalue weighted by Gasteiger charge is -2.02. The van der Waals surface area contributed by atoms with Gasteiger partial charge < -0.3 is 4.74 Å². The van der Waals surface area contributed by atoms with Crippen molar-refractivity contribution in [2.75, 3.05) is 0 Å². The lowest BCUT2D eigenvalue weighted by atomic mass is 10.2. The molecule has 3 nitrogen and oxygen atoms in total. The maximum atomic E-state index is 11.2. The molecule has 96 valence electrons. The first-order valence-electron chi connectivity index (χ1n) is 6.16. The number of allylic oxidation sites excluding steroid dienone is 2. The number of carbonyl (C=O) groups excluding carboxylic acids is 2. The molecule has 0 saturated carbocycles. The van der Waals surface area contributed by atoms with Crippen LogP contribution in [-0.2, 0) is 14.3 Å². The largest absolute Gasteiger partial charge is 0.393 e. The average molecular weight is 238 g/mol. The molecule has 0 aromatic rings. The van der Waals surface area contributed by atoms with Crippen LogP contribution in [0.4, 0.5) is 0 Å². The monoisotopic (exact) mass is 238 g/mol. The number of carbonyl (C=O) groups is 2. The van der Waals surface area contributed by atoms with Crippen LogP contribution in [0.5, 0.6) is 0 Å². The molecule has 0 bridgehead atoms. The molecular formula is C14H22O3. The summed E-state index contributed by atoms with van der Waals surface area (Å²) in [5.74, 6) is -0.828. The Kier molecular flexibility index (Phi) is 10.2. The molecule has 0 aliphatic carbocycles. The van der Waals surface area contributed by atoms with E-state index in [0.717, 1.165) is 38.5 Å². The van der Waals surface area contributed by atoms with Crippen LogP contribution in [0.3, 0.4) is 0 Å². The first kappa shape index (κ1) is 15.6. The maximum absolute atomic E-state index is 11.2. The molecule has 0 fully saturated rings. The van der Waals surface area contributed by atoms with Crippen molar-refractivity contribution in [1.82, 2.24) is 0 Å². The molecule has 0 aromatic heterocycles. The highest BCUT2D eigenvalue weighted by molar-refractivity contribution is 5.85. The second-order valence-electron chi connectivity index (χ2n) is 3.91. The molecule has 0 N–H and O–H groups in total. The Morgan fingerprint density at radius 3 is 1.59 bits per heavy atom. The van der Waals surface area contributed by atoms with Crippen LogP contribution in [0.25, 0.3) is 0 Å². The van der Waals surface area contributed by atoms with Gasteiger partial charge in [0.2, 0.25) is 0 Å². The zero-order valence-corrected chi connectivity index (χ0v) is 10.5. The quantitative estimate of drug-likeness (QED) is 0.253. The number of esters is 2. The van der Waals surface area contributed by atoms with Gasteiger partial charge in [0.15, 0.2) is 0 Å². The Morgan fingerprint density at radius 1 is 0.824 bits per heavy atom. The summed E-state index contributed by atoms with van der Waals surface area (Å²) in [6.07, 6.45) is 9.34. The van der Waals surface area contributed by atoms with Crippen LogP contribution < -0.4 is 0 Å². The first-order valence-corrected chi connectivity index (χ1v) is 6.16. The van der Waals surface area contributed by atoms with E-state index in [1.54, 1.807) is 0 Å². The molecule has 0 atom stereocenters. The van der Waals surface area contributed by atoms with Gasteiger partial charge in [-0.25, -0.2) is 0 Å². The van der Waals surface area contributed by atoms with E-state index in [4.69, 9.17) is 0 Å². The Morgan fingerprint density at radius 2 is 1.24 bits per heavy atom. The van der Waals surface area contributed by atoms with Gasteiger partial charge in [-0.2, -0.15) is 0 Å². The zero-order chi connectivity index (χ0) is 12.9.